The van der Waals surface area contributed by atoms with E-state index in [1.165, 1.54) is 12.8 Å². The summed E-state index contributed by atoms with van der Waals surface area (Å²) in [6.45, 7) is 4.68. The number of hydrogen-bond donors (Lipinski definition) is 1. The number of aromatic nitrogens is 3. The molecule has 0 spiro atoms. The molecule has 144 valence electrons. The van der Waals surface area contributed by atoms with Crippen molar-refractivity contribution >= 4 is 11.9 Å². The summed E-state index contributed by atoms with van der Waals surface area (Å²) >= 11 is 0. The summed E-state index contributed by atoms with van der Waals surface area (Å²) < 4.78 is 1.95. The minimum absolute atomic E-state index is 0.136. The molecule has 2 heterocycles. The Bertz CT molecular complexity index is 625. The second kappa shape index (κ2) is 8.51. The van der Waals surface area contributed by atoms with Gasteiger partial charge in [0.25, 0.3) is 0 Å². The molecule has 8 heteroatoms. The van der Waals surface area contributed by atoms with Crippen molar-refractivity contribution in [1.82, 2.24) is 29.9 Å². The molecule has 2 aliphatic rings. The van der Waals surface area contributed by atoms with Crippen LogP contribution in [0, 0.1) is 5.92 Å². The van der Waals surface area contributed by atoms with Crippen molar-refractivity contribution in [2.75, 3.05) is 20.1 Å². The van der Waals surface area contributed by atoms with E-state index in [-0.39, 0.29) is 17.9 Å². The van der Waals surface area contributed by atoms with E-state index in [0.717, 1.165) is 38.2 Å². The molecule has 2 fully saturated rings. The summed E-state index contributed by atoms with van der Waals surface area (Å²) in [7, 11) is 1.79. The van der Waals surface area contributed by atoms with Gasteiger partial charge in [0, 0.05) is 45.1 Å². The van der Waals surface area contributed by atoms with Crippen molar-refractivity contribution in [2.24, 2.45) is 5.92 Å². The van der Waals surface area contributed by atoms with Crippen molar-refractivity contribution in [1.29, 1.82) is 0 Å². The summed E-state index contributed by atoms with van der Waals surface area (Å²) in [5.41, 5.74) is 0. The molecule has 0 aromatic carbocycles. The first-order valence-corrected chi connectivity index (χ1v) is 9.73. The molecule has 1 saturated carbocycles. The van der Waals surface area contributed by atoms with Crippen molar-refractivity contribution in [3.05, 3.63) is 12.2 Å². The van der Waals surface area contributed by atoms with Crippen molar-refractivity contribution in [3.63, 3.8) is 0 Å². The minimum Gasteiger partial charge on any atom is -0.339 e. The number of nitrogens with zero attached hydrogens (tertiary/aromatic N) is 5. The summed E-state index contributed by atoms with van der Waals surface area (Å²) in [4.78, 5) is 28.4. The van der Waals surface area contributed by atoms with E-state index in [2.05, 4.69) is 27.3 Å². The van der Waals surface area contributed by atoms with Gasteiger partial charge in [-0.25, -0.2) is 4.79 Å². The third kappa shape index (κ3) is 4.34. The predicted molar refractivity (Wildman–Crippen MR) is 97.3 cm³/mol. The summed E-state index contributed by atoms with van der Waals surface area (Å²) in [6, 6.07) is 0.291. The van der Waals surface area contributed by atoms with Crippen LogP contribution in [0.15, 0.2) is 6.33 Å². The maximum absolute atomic E-state index is 12.4. The van der Waals surface area contributed by atoms with E-state index in [9.17, 15) is 9.59 Å². The summed E-state index contributed by atoms with van der Waals surface area (Å²) in [5, 5.41) is 10.9. The molecule has 1 N–H and O–H groups in total. The maximum Gasteiger partial charge on any atom is 0.317 e. The highest BCUT2D eigenvalue weighted by Gasteiger charge is 2.36. The van der Waals surface area contributed by atoms with Gasteiger partial charge < -0.3 is 19.7 Å². The van der Waals surface area contributed by atoms with Gasteiger partial charge in [-0.1, -0.05) is 19.8 Å². The average Bonchev–Trinajstić information content (AvgIpc) is 3.34. The number of carbonyl (C=O) groups is 2. The second-order valence-electron chi connectivity index (χ2n) is 7.53. The van der Waals surface area contributed by atoms with Crippen LogP contribution in [0.25, 0.3) is 0 Å². The summed E-state index contributed by atoms with van der Waals surface area (Å²) in [5.74, 6) is 1.24. The molecule has 1 aliphatic carbocycles. The van der Waals surface area contributed by atoms with Crippen molar-refractivity contribution < 1.29 is 9.59 Å². The van der Waals surface area contributed by atoms with Gasteiger partial charge >= 0.3 is 6.03 Å². The van der Waals surface area contributed by atoms with Gasteiger partial charge in [0.15, 0.2) is 5.82 Å². The number of likely N-dealkylation sites (tertiary alicyclic amines) is 1. The zero-order chi connectivity index (χ0) is 18.5. The molecule has 1 atom stereocenters. The van der Waals surface area contributed by atoms with E-state index < -0.39 is 0 Å². The first-order chi connectivity index (χ1) is 12.6. The van der Waals surface area contributed by atoms with Crippen LogP contribution < -0.4 is 5.32 Å². The van der Waals surface area contributed by atoms with E-state index >= 15 is 0 Å². The van der Waals surface area contributed by atoms with Crippen molar-refractivity contribution in [3.8, 4) is 0 Å². The van der Waals surface area contributed by atoms with Gasteiger partial charge in [-0.15, -0.1) is 10.2 Å². The maximum atomic E-state index is 12.4. The highest BCUT2D eigenvalue weighted by molar-refractivity contribution is 5.79. The Morgan fingerprint density at radius 1 is 1.38 bits per heavy atom. The van der Waals surface area contributed by atoms with Gasteiger partial charge in [-0.3, -0.25) is 4.79 Å². The highest BCUT2D eigenvalue weighted by atomic mass is 16.2. The molecular formula is C18H30N6O2. The molecule has 26 heavy (non-hydrogen) atoms. The molecule has 0 bridgehead atoms. The van der Waals surface area contributed by atoms with E-state index in [1.54, 1.807) is 18.3 Å². The fourth-order valence-corrected chi connectivity index (χ4v) is 4.10. The smallest absolute Gasteiger partial charge is 0.317 e. The van der Waals surface area contributed by atoms with Crippen LogP contribution in [0.5, 0.6) is 0 Å². The van der Waals surface area contributed by atoms with Crippen LogP contribution in [0.3, 0.4) is 0 Å². The highest BCUT2D eigenvalue weighted by Crippen LogP contribution is 2.29. The number of rotatable bonds is 7. The second-order valence-corrected chi connectivity index (χ2v) is 7.53. The molecule has 1 saturated heterocycles. The largest absolute Gasteiger partial charge is 0.339 e. The number of carbonyl (C=O) groups excluding carboxylic acids is 2. The normalized spacial score (nSPS) is 20.8. The Hall–Kier alpha value is -2.12. The van der Waals surface area contributed by atoms with E-state index in [0.29, 0.717) is 25.6 Å². The number of nitrogens with one attached hydrogen (secondary N) is 1. The van der Waals surface area contributed by atoms with Crippen LogP contribution in [-0.4, -0.2) is 62.7 Å². The molecule has 1 aliphatic heterocycles. The Morgan fingerprint density at radius 3 is 2.88 bits per heavy atom. The van der Waals surface area contributed by atoms with Gasteiger partial charge in [0.05, 0.1) is 6.54 Å². The van der Waals surface area contributed by atoms with Crippen LogP contribution >= 0.6 is 0 Å². The summed E-state index contributed by atoms with van der Waals surface area (Å²) in [6.07, 6.45) is 7.95. The number of hydrogen-bond acceptors (Lipinski definition) is 4. The molecule has 1 aromatic heterocycles. The topological polar surface area (TPSA) is 83.4 Å². The van der Waals surface area contributed by atoms with Crippen molar-refractivity contribution in [2.45, 2.75) is 64.6 Å². The molecule has 3 rings (SSSR count). The SMILES string of the molecule is CCCn1cnnc1CNC(=O)N(C)C[C@@H]1CC(=O)N(C2CCCC2)C1. The fraction of sp³-hybridized carbons (Fsp3) is 0.778. The zero-order valence-electron chi connectivity index (χ0n) is 15.9. The quantitative estimate of drug-likeness (QED) is 0.799. The fourth-order valence-electron chi connectivity index (χ4n) is 4.10. The Labute approximate surface area is 154 Å². The molecule has 0 unspecified atom stereocenters. The van der Waals surface area contributed by atoms with Crippen LogP contribution in [0.2, 0.25) is 0 Å². The van der Waals surface area contributed by atoms with Gasteiger partial charge in [0.1, 0.15) is 6.33 Å². The Kier molecular flexibility index (Phi) is 6.11. The molecule has 1 aromatic rings. The standard InChI is InChI=1S/C18H30N6O2/c1-3-8-23-13-20-21-16(23)10-19-18(26)22(2)11-14-9-17(25)24(12-14)15-6-4-5-7-15/h13-15H,3-12H2,1-2H3,(H,19,26)/t14-/m0/s1. The molecule has 0 radical (unpaired) electrons. The lowest BCUT2D eigenvalue weighted by molar-refractivity contribution is -0.129. The number of aryl methyl sites for hydroxylation is 1. The third-order valence-corrected chi connectivity index (χ3v) is 5.44. The van der Waals surface area contributed by atoms with Crippen LogP contribution in [0.4, 0.5) is 4.79 Å². The molecular weight excluding hydrogens is 332 g/mol. The van der Waals surface area contributed by atoms with Crippen LogP contribution in [-0.2, 0) is 17.9 Å². The monoisotopic (exact) mass is 362 g/mol. The first-order valence-electron chi connectivity index (χ1n) is 9.73. The van der Waals surface area contributed by atoms with E-state index in [4.69, 9.17) is 0 Å². The lowest BCUT2D eigenvalue weighted by Crippen LogP contribution is -2.41. The minimum atomic E-state index is -0.136. The predicted octanol–water partition coefficient (Wildman–Crippen LogP) is 1.62. The Balaban J connectivity index is 1.45. The van der Waals surface area contributed by atoms with Crippen LogP contribution in [0.1, 0.15) is 51.3 Å². The first kappa shape index (κ1) is 18.7. The van der Waals surface area contributed by atoms with Gasteiger partial charge in [0.2, 0.25) is 5.91 Å². The zero-order valence-corrected chi connectivity index (χ0v) is 15.9. The van der Waals surface area contributed by atoms with Gasteiger partial charge in [-0.2, -0.15) is 0 Å². The molecule has 8 nitrogen and oxygen atoms in total. The third-order valence-electron chi connectivity index (χ3n) is 5.44. The number of urea groups is 1. The lowest BCUT2D eigenvalue weighted by atomic mass is 10.1. The lowest BCUT2D eigenvalue weighted by Gasteiger charge is -2.25. The average molecular weight is 362 g/mol. The van der Waals surface area contributed by atoms with E-state index in [1.807, 2.05) is 4.57 Å². The number of amides is 3. The molecule has 3 amide bonds. The Morgan fingerprint density at radius 2 is 2.15 bits per heavy atom. The van der Waals surface area contributed by atoms with Gasteiger partial charge in [-0.05, 0) is 19.3 Å².